The van der Waals surface area contributed by atoms with Crippen LogP contribution in [-0.4, -0.2) is 96.7 Å². The molecule has 0 radical (unpaired) electrons. The number of ether oxygens (including phenoxy) is 4. The molecule has 0 aliphatic heterocycles. The number of phosphoric ester groups is 2. The van der Waals surface area contributed by atoms with Gasteiger partial charge in [-0.15, -0.1) is 0 Å². The zero-order valence-electron chi connectivity index (χ0n) is 69.2. The summed E-state index contributed by atoms with van der Waals surface area (Å²) in [6.45, 7) is 12.0. The smallest absolute Gasteiger partial charge is 0.462 e. The van der Waals surface area contributed by atoms with Gasteiger partial charge < -0.3 is 33.8 Å². The van der Waals surface area contributed by atoms with Crippen LogP contribution in [0.25, 0.3) is 0 Å². The second-order valence-corrected chi connectivity index (χ2v) is 35.0. The molecule has 0 amide bonds. The fourth-order valence-electron chi connectivity index (χ4n) is 13.3. The van der Waals surface area contributed by atoms with Crippen LogP contribution in [0.5, 0.6) is 0 Å². The number of aliphatic hydroxyl groups is 1. The standard InChI is InChI=1S/C86H168O17P2/c1-8-10-11-12-13-14-15-16-17-18-19-20-25-31-36-41-46-55-62-69-85(90)102-81(73-96-83(88)67-60-53-45-40-35-30-26-21-23-28-33-38-43-50-57-64-77(3)4)75-100-104(92,93)98-71-80(87)72-99-105(94,95)101-76-82(74-97-84(89)68-61-54-49-48-52-59-66-79(7)9-2)103-86(91)70-63-56-47-42-37-32-27-22-24-29-34-39-44-51-58-65-78(5)6/h77-82,87H,8-76H2,1-7H3,(H,92,93)(H,94,95)/t79?,80-,81-,82-/m1/s1. The number of carbonyl (C=O) groups is 4. The molecule has 3 N–H and O–H groups in total. The highest BCUT2D eigenvalue weighted by molar-refractivity contribution is 7.47. The maximum Gasteiger partial charge on any atom is 0.472 e. The minimum absolute atomic E-state index is 0.107. The van der Waals surface area contributed by atoms with E-state index in [-0.39, 0.29) is 25.7 Å². The van der Waals surface area contributed by atoms with E-state index in [0.29, 0.717) is 25.7 Å². The lowest BCUT2D eigenvalue weighted by atomic mass is 10.00. The van der Waals surface area contributed by atoms with E-state index in [0.717, 1.165) is 114 Å². The van der Waals surface area contributed by atoms with Crippen molar-refractivity contribution in [1.29, 1.82) is 0 Å². The first-order valence-corrected chi connectivity index (χ1v) is 47.4. The Bertz CT molecular complexity index is 2030. The van der Waals surface area contributed by atoms with Crippen LogP contribution in [-0.2, 0) is 65.4 Å². The number of unbranched alkanes of at least 4 members (excludes halogenated alkanes) is 51. The monoisotopic (exact) mass is 1540 g/mol. The molecule has 6 atom stereocenters. The molecule has 0 heterocycles. The number of hydrogen-bond acceptors (Lipinski definition) is 15. The fourth-order valence-corrected chi connectivity index (χ4v) is 14.9. The first kappa shape index (κ1) is 103. The van der Waals surface area contributed by atoms with E-state index < -0.39 is 97.5 Å². The topological polar surface area (TPSA) is 237 Å². The summed E-state index contributed by atoms with van der Waals surface area (Å²) in [5.41, 5.74) is 0. The van der Waals surface area contributed by atoms with Gasteiger partial charge in [0.05, 0.1) is 26.4 Å². The van der Waals surface area contributed by atoms with Gasteiger partial charge in [-0.05, 0) is 43.4 Å². The molecule has 0 bridgehead atoms. The predicted octanol–water partition coefficient (Wildman–Crippen LogP) is 26.1. The normalized spacial score (nSPS) is 14.1. The summed E-state index contributed by atoms with van der Waals surface area (Å²) in [6, 6.07) is 0. The third kappa shape index (κ3) is 78.5. The molecule has 0 spiro atoms. The molecule has 0 aliphatic rings. The Morgan fingerprint density at radius 3 is 0.724 bits per heavy atom. The van der Waals surface area contributed by atoms with Gasteiger partial charge in [0.15, 0.2) is 12.2 Å². The molecular weight excluding hydrogens is 1370 g/mol. The molecule has 0 aromatic heterocycles. The number of hydrogen-bond donors (Lipinski definition) is 3. The van der Waals surface area contributed by atoms with E-state index in [9.17, 15) is 43.2 Å². The van der Waals surface area contributed by atoms with Crippen LogP contribution in [0.3, 0.4) is 0 Å². The lowest BCUT2D eigenvalue weighted by molar-refractivity contribution is -0.161. The van der Waals surface area contributed by atoms with E-state index in [1.54, 1.807) is 0 Å². The number of aliphatic hydroxyl groups excluding tert-OH is 1. The van der Waals surface area contributed by atoms with E-state index >= 15 is 0 Å². The van der Waals surface area contributed by atoms with Gasteiger partial charge >= 0.3 is 39.5 Å². The Morgan fingerprint density at radius 2 is 0.486 bits per heavy atom. The van der Waals surface area contributed by atoms with E-state index in [2.05, 4.69) is 48.5 Å². The number of rotatable bonds is 84. The summed E-state index contributed by atoms with van der Waals surface area (Å²) in [7, 11) is -9.93. The van der Waals surface area contributed by atoms with Crippen LogP contribution in [0.2, 0.25) is 0 Å². The minimum Gasteiger partial charge on any atom is -0.462 e. The average Bonchev–Trinajstić information content (AvgIpc) is 0.952. The van der Waals surface area contributed by atoms with Crippen molar-refractivity contribution in [3.63, 3.8) is 0 Å². The molecular formula is C86H168O17P2. The molecule has 105 heavy (non-hydrogen) atoms. The largest absolute Gasteiger partial charge is 0.472 e. The van der Waals surface area contributed by atoms with Gasteiger partial charge in [-0.3, -0.25) is 37.3 Å². The van der Waals surface area contributed by atoms with Crippen LogP contribution >= 0.6 is 15.6 Å². The first-order valence-electron chi connectivity index (χ1n) is 44.4. The Balaban J connectivity index is 5.24. The van der Waals surface area contributed by atoms with Crippen molar-refractivity contribution in [2.75, 3.05) is 39.6 Å². The maximum absolute atomic E-state index is 13.1. The maximum atomic E-state index is 13.1. The van der Waals surface area contributed by atoms with Gasteiger partial charge in [0, 0.05) is 25.7 Å². The van der Waals surface area contributed by atoms with Crippen LogP contribution < -0.4 is 0 Å². The fraction of sp³-hybridized carbons (Fsp3) is 0.953. The van der Waals surface area contributed by atoms with Gasteiger partial charge in [0.25, 0.3) is 0 Å². The summed E-state index contributed by atoms with van der Waals surface area (Å²) in [4.78, 5) is 73.2. The van der Waals surface area contributed by atoms with Crippen LogP contribution in [0.1, 0.15) is 453 Å². The molecule has 19 heteroatoms. The zero-order valence-corrected chi connectivity index (χ0v) is 71.0. The highest BCUT2D eigenvalue weighted by atomic mass is 31.2. The van der Waals surface area contributed by atoms with Gasteiger partial charge in [0.2, 0.25) is 0 Å². The number of carbonyl (C=O) groups excluding carboxylic acids is 4. The summed E-state index contributed by atoms with van der Waals surface area (Å²) in [5, 5.41) is 10.7. The first-order chi connectivity index (χ1) is 50.8. The quantitative estimate of drug-likeness (QED) is 0.0222. The van der Waals surface area contributed by atoms with Gasteiger partial charge in [-0.25, -0.2) is 9.13 Å². The molecule has 0 aliphatic carbocycles. The minimum atomic E-state index is -4.97. The highest BCUT2D eigenvalue weighted by Gasteiger charge is 2.30. The van der Waals surface area contributed by atoms with Crippen molar-refractivity contribution >= 4 is 39.5 Å². The molecule has 0 saturated heterocycles. The SMILES string of the molecule is CCCCCCCCCCCCCCCCCCCCCC(=O)O[C@H](COC(=O)CCCCCCCCCCCCCCCCCC(C)C)COP(=O)(O)OC[C@@H](O)COP(=O)(O)OC[C@@H](COC(=O)CCCCCCCCC(C)CC)OC(=O)CCCCCCCCCCCCCCCCCC(C)C. The molecule has 17 nitrogen and oxygen atoms in total. The van der Waals surface area contributed by atoms with Crippen LogP contribution in [0, 0.1) is 17.8 Å². The van der Waals surface area contributed by atoms with Crippen LogP contribution in [0.15, 0.2) is 0 Å². The molecule has 0 fully saturated rings. The van der Waals surface area contributed by atoms with Crippen LogP contribution in [0.4, 0.5) is 0 Å². The highest BCUT2D eigenvalue weighted by Crippen LogP contribution is 2.45. The summed E-state index contributed by atoms with van der Waals surface area (Å²) < 4.78 is 68.9. The Morgan fingerprint density at radius 1 is 0.276 bits per heavy atom. The summed E-state index contributed by atoms with van der Waals surface area (Å²) in [6.07, 6.45) is 66.7. The molecule has 0 saturated carbocycles. The Labute approximate surface area is 645 Å². The van der Waals surface area contributed by atoms with Gasteiger partial charge in [-0.2, -0.15) is 0 Å². The molecule has 0 rings (SSSR count). The van der Waals surface area contributed by atoms with Crippen molar-refractivity contribution in [3.8, 4) is 0 Å². The summed E-state index contributed by atoms with van der Waals surface area (Å²) >= 11 is 0. The van der Waals surface area contributed by atoms with Gasteiger partial charge in [0.1, 0.15) is 19.3 Å². The Kier molecular flexibility index (Phi) is 74.7. The van der Waals surface area contributed by atoms with E-state index in [1.807, 2.05) is 0 Å². The van der Waals surface area contributed by atoms with Gasteiger partial charge in [-0.1, -0.05) is 402 Å². The molecule has 0 aromatic rings. The number of phosphoric acid groups is 2. The van der Waals surface area contributed by atoms with Crippen molar-refractivity contribution < 1.29 is 80.2 Å². The lowest BCUT2D eigenvalue weighted by Crippen LogP contribution is -2.30. The van der Waals surface area contributed by atoms with Crippen molar-refractivity contribution in [1.82, 2.24) is 0 Å². The second kappa shape index (κ2) is 76.1. The Hall–Kier alpha value is -1.94. The lowest BCUT2D eigenvalue weighted by Gasteiger charge is -2.21. The third-order valence-corrected chi connectivity index (χ3v) is 22.4. The van der Waals surface area contributed by atoms with Crippen molar-refractivity contribution in [3.05, 3.63) is 0 Å². The molecule has 0 aromatic carbocycles. The zero-order chi connectivity index (χ0) is 77.2. The molecule has 624 valence electrons. The van der Waals surface area contributed by atoms with Crippen molar-refractivity contribution in [2.24, 2.45) is 17.8 Å². The summed E-state index contributed by atoms with van der Waals surface area (Å²) in [5.74, 6) is 0.234. The van der Waals surface area contributed by atoms with Crippen molar-refractivity contribution in [2.45, 2.75) is 471 Å². The number of esters is 4. The second-order valence-electron chi connectivity index (χ2n) is 32.1. The predicted molar refractivity (Wildman–Crippen MR) is 432 cm³/mol. The average molecular weight is 1540 g/mol. The molecule has 3 unspecified atom stereocenters. The van der Waals surface area contributed by atoms with E-state index in [4.69, 9.17) is 37.0 Å². The third-order valence-electron chi connectivity index (χ3n) is 20.5. The van der Waals surface area contributed by atoms with E-state index in [1.165, 1.54) is 257 Å².